The van der Waals surface area contributed by atoms with Crippen molar-refractivity contribution in [2.24, 2.45) is 0 Å². The third-order valence-electron chi connectivity index (χ3n) is 4.29. The van der Waals surface area contributed by atoms with Crippen LogP contribution in [0.4, 0.5) is 0 Å². The lowest BCUT2D eigenvalue weighted by atomic mass is 10.2. The van der Waals surface area contributed by atoms with Crippen LogP contribution in [0.3, 0.4) is 0 Å². The van der Waals surface area contributed by atoms with Gasteiger partial charge >= 0.3 is 0 Å². The molecule has 1 fully saturated rings. The van der Waals surface area contributed by atoms with Gasteiger partial charge in [0, 0.05) is 7.05 Å². The molecular formula is C22H24N2O4S. The number of carbonyl (C=O) groups excluding carboxylic acids is 1. The van der Waals surface area contributed by atoms with Gasteiger partial charge in [-0.25, -0.2) is 0 Å². The van der Waals surface area contributed by atoms with Gasteiger partial charge in [0.15, 0.2) is 16.6 Å². The second-order valence-corrected chi connectivity index (χ2v) is 6.74. The third kappa shape index (κ3) is 5.06. The lowest BCUT2D eigenvalue weighted by Crippen LogP contribution is -2.25. The number of ether oxygens (including phenoxy) is 3. The summed E-state index contributed by atoms with van der Waals surface area (Å²) in [5.41, 5.74) is 2.33. The monoisotopic (exact) mass is 412 g/mol. The fourth-order valence-corrected chi connectivity index (χ4v) is 3.00. The summed E-state index contributed by atoms with van der Waals surface area (Å²) in [5.74, 6) is 2.04. The minimum Gasteiger partial charge on any atom is -0.490 e. The molecule has 1 aliphatic rings. The molecule has 2 aromatic carbocycles. The van der Waals surface area contributed by atoms with Crippen molar-refractivity contribution in [1.82, 2.24) is 10.2 Å². The average molecular weight is 413 g/mol. The summed E-state index contributed by atoms with van der Waals surface area (Å²) >= 11 is 5.08. The van der Waals surface area contributed by atoms with Crippen molar-refractivity contribution in [1.29, 1.82) is 0 Å². The van der Waals surface area contributed by atoms with Gasteiger partial charge in [0.05, 0.1) is 13.2 Å². The first kappa shape index (κ1) is 20.7. The van der Waals surface area contributed by atoms with Gasteiger partial charge in [0.1, 0.15) is 18.1 Å². The van der Waals surface area contributed by atoms with Crippen LogP contribution in [0.15, 0.2) is 48.2 Å². The van der Waals surface area contributed by atoms with Gasteiger partial charge in [0.25, 0.3) is 5.91 Å². The van der Waals surface area contributed by atoms with E-state index >= 15 is 0 Å². The van der Waals surface area contributed by atoms with Crippen molar-refractivity contribution in [2.45, 2.75) is 20.5 Å². The van der Waals surface area contributed by atoms with Gasteiger partial charge < -0.3 is 19.5 Å². The quantitative estimate of drug-likeness (QED) is 0.526. The largest absolute Gasteiger partial charge is 0.490 e. The standard InChI is InChI=1S/C22H24N2O4S/c1-4-26-19-11-8-16(13-20(19)27-5-2)14-28-17-9-6-15(7-10-17)12-18-21(25)24(3)22(29)23-18/h6-13H,4-5,14H2,1-3H3,(H,23,29)/b18-12+. The van der Waals surface area contributed by atoms with Crippen LogP contribution in [-0.2, 0) is 11.4 Å². The third-order valence-corrected chi connectivity index (χ3v) is 4.66. The molecule has 0 atom stereocenters. The number of nitrogens with zero attached hydrogens (tertiary/aromatic N) is 1. The maximum Gasteiger partial charge on any atom is 0.276 e. The summed E-state index contributed by atoms with van der Waals surface area (Å²) in [6.07, 6.45) is 1.77. The summed E-state index contributed by atoms with van der Waals surface area (Å²) in [6, 6.07) is 13.3. The molecule has 1 amide bonds. The zero-order valence-corrected chi connectivity index (χ0v) is 17.5. The summed E-state index contributed by atoms with van der Waals surface area (Å²) < 4.78 is 17.1. The summed E-state index contributed by atoms with van der Waals surface area (Å²) in [5, 5.41) is 3.31. The number of benzene rings is 2. The van der Waals surface area contributed by atoms with E-state index in [1.807, 2.05) is 56.3 Å². The highest BCUT2D eigenvalue weighted by molar-refractivity contribution is 7.80. The molecule has 0 saturated carbocycles. The first-order valence-electron chi connectivity index (χ1n) is 9.44. The lowest BCUT2D eigenvalue weighted by molar-refractivity contribution is -0.121. The van der Waals surface area contributed by atoms with Crippen LogP contribution in [0.25, 0.3) is 6.08 Å². The van der Waals surface area contributed by atoms with E-state index in [1.54, 1.807) is 13.1 Å². The number of nitrogens with one attached hydrogen (secondary N) is 1. The van der Waals surface area contributed by atoms with E-state index in [1.165, 1.54) is 4.90 Å². The second kappa shape index (κ2) is 9.43. The van der Waals surface area contributed by atoms with Crippen LogP contribution in [0, 0.1) is 0 Å². The zero-order chi connectivity index (χ0) is 20.8. The summed E-state index contributed by atoms with van der Waals surface area (Å²) in [7, 11) is 1.65. The predicted molar refractivity (Wildman–Crippen MR) is 116 cm³/mol. The van der Waals surface area contributed by atoms with Gasteiger partial charge in [-0.2, -0.15) is 0 Å². The highest BCUT2D eigenvalue weighted by Crippen LogP contribution is 2.29. The predicted octanol–water partition coefficient (Wildman–Crippen LogP) is 3.75. The minimum absolute atomic E-state index is 0.143. The van der Waals surface area contributed by atoms with E-state index < -0.39 is 0 Å². The Morgan fingerprint density at radius 3 is 2.31 bits per heavy atom. The minimum atomic E-state index is -0.143. The maximum atomic E-state index is 12.0. The first-order chi connectivity index (χ1) is 14.0. The number of rotatable bonds is 8. The number of hydrogen-bond acceptors (Lipinski definition) is 5. The van der Waals surface area contributed by atoms with E-state index in [4.69, 9.17) is 26.4 Å². The molecule has 6 nitrogen and oxygen atoms in total. The Kier molecular flexibility index (Phi) is 6.72. The normalized spacial score (nSPS) is 14.9. The molecule has 3 rings (SSSR count). The summed E-state index contributed by atoms with van der Waals surface area (Å²) in [6.45, 7) is 5.44. The van der Waals surface area contributed by atoms with Crippen LogP contribution in [0.5, 0.6) is 17.2 Å². The molecule has 1 aliphatic heterocycles. The van der Waals surface area contributed by atoms with Crippen molar-refractivity contribution in [3.63, 3.8) is 0 Å². The molecule has 0 spiro atoms. The van der Waals surface area contributed by atoms with Crippen molar-refractivity contribution in [3.8, 4) is 17.2 Å². The fraction of sp³-hybridized carbons (Fsp3) is 0.273. The molecule has 0 radical (unpaired) electrons. The van der Waals surface area contributed by atoms with E-state index in [0.29, 0.717) is 36.4 Å². The molecule has 1 heterocycles. The van der Waals surface area contributed by atoms with E-state index in [2.05, 4.69) is 5.32 Å². The van der Waals surface area contributed by atoms with Crippen molar-refractivity contribution >= 4 is 29.3 Å². The Balaban J connectivity index is 1.64. The number of hydrogen-bond donors (Lipinski definition) is 1. The first-order valence-corrected chi connectivity index (χ1v) is 9.84. The van der Waals surface area contributed by atoms with Gasteiger partial charge in [-0.3, -0.25) is 9.69 Å². The molecule has 2 aromatic rings. The molecule has 1 N–H and O–H groups in total. The molecule has 29 heavy (non-hydrogen) atoms. The number of likely N-dealkylation sites (N-methyl/N-ethyl adjacent to an activating group) is 1. The molecule has 152 valence electrons. The molecule has 0 bridgehead atoms. The summed E-state index contributed by atoms with van der Waals surface area (Å²) in [4.78, 5) is 13.5. The SMILES string of the molecule is CCOc1ccc(COc2ccc(/C=C3/NC(=S)N(C)C3=O)cc2)cc1OCC. The van der Waals surface area contributed by atoms with E-state index in [0.717, 1.165) is 22.6 Å². The Labute approximate surface area is 176 Å². The second-order valence-electron chi connectivity index (χ2n) is 6.36. The van der Waals surface area contributed by atoms with Gasteiger partial charge in [-0.1, -0.05) is 18.2 Å². The van der Waals surface area contributed by atoms with Crippen molar-refractivity contribution in [3.05, 3.63) is 59.3 Å². The van der Waals surface area contributed by atoms with Crippen LogP contribution in [0.2, 0.25) is 0 Å². The Hall–Kier alpha value is -3.06. The smallest absolute Gasteiger partial charge is 0.276 e. The number of thiocarbonyl (C=S) groups is 1. The highest BCUT2D eigenvalue weighted by atomic mass is 32.1. The molecule has 0 aromatic heterocycles. The Morgan fingerprint density at radius 2 is 1.69 bits per heavy atom. The van der Waals surface area contributed by atoms with Crippen LogP contribution < -0.4 is 19.5 Å². The zero-order valence-electron chi connectivity index (χ0n) is 16.7. The topological polar surface area (TPSA) is 60.0 Å². The molecule has 1 saturated heterocycles. The van der Waals surface area contributed by atoms with Gasteiger partial charge in [0.2, 0.25) is 0 Å². The van der Waals surface area contributed by atoms with Crippen LogP contribution in [-0.4, -0.2) is 36.2 Å². The van der Waals surface area contributed by atoms with E-state index in [9.17, 15) is 4.79 Å². The van der Waals surface area contributed by atoms with Gasteiger partial charge in [-0.05, 0) is 67.5 Å². The van der Waals surface area contributed by atoms with Crippen LogP contribution in [0.1, 0.15) is 25.0 Å². The number of carbonyl (C=O) groups is 1. The van der Waals surface area contributed by atoms with Crippen molar-refractivity contribution < 1.29 is 19.0 Å². The molecule has 0 aliphatic carbocycles. The van der Waals surface area contributed by atoms with Gasteiger partial charge in [-0.15, -0.1) is 0 Å². The fourth-order valence-electron chi connectivity index (χ4n) is 2.80. The maximum absolute atomic E-state index is 12.0. The van der Waals surface area contributed by atoms with E-state index in [-0.39, 0.29) is 5.91 Å². The molecular weight excluding hydrogens is 388 g/mol. The van der Waals surface area contributed by atoms with Crippen LogP contribution >= 0.6 is 12.2 Å². The highest BCUT2D eigenvalue weighted by Gasteiger charge is 2.26. The molecule has 7 heteroatoms. The van der Waals surface area contributed by atoms with Crippen molar-refractivity contribution in [2.75, 3.05) is 20.3 Å². The molecule has 0 unspecified atom stereocenters. The average Bonchev–Trinajstić information content (AvgIpc) is 2.96. The number of amides is 1. The lowest BCUT2D eigenvalue weighted by Gasteiger charge is -2.13. The Morgan fingerprint density at radius 1 is 1.00 bits per heavy atom. The Bertz CT molecular complexity index is 925.